The summed E-state index contributed by atoms with van der Waals surface area (Å²) in [6.07, 6.45) is 9.19. The summed E-state index contributed by atoms with van der Waals surface area (Å²) in [7, 11) is 1.99. The van der Waals surface area contributed by atoms with Crippen LogP contribution in [0.25, 0.3) is 0 Å². The van der Waals surface area contributed by atoms with Crippen molar-refractivity contribution in [1.29, 1.82) is 0 Å². The summed E-state index contributed by atoms with van der Waals surface area (Å²) in [6, 6.07) is 1.01. The molecule has 0 radical (unpaired) electrons. The van der Waals surface area contributed by atoms with Crippen LogP contribution >= 0.6 is 0 Å². The van der Waals surface area contributed by atoms with Crippen LogP contribution < -0.4 is 5.32 Å². The second-order valence-corrected chi connectivity index (χ2v) is 5.92. The average molecular weight is 249 g/mol. The fourth-order valence-corrected chi connectivity index (χ4v) is 3.30. The zero-order valence-corrected chi connectivity index (χ0v) is 12.2. The van der Waals surface area contributed by atoms with Crippen molar-refractivity contribution < 1.29 is 0 Å². The number of hydrogen-bond donors (Lipinski definition) is 1. The van der Waals surface area contributed by atoms with Crippen LogP contribution in [0.5, 0.6) is 0 Å². The molecule has 3 heteroatoms. The molecule has 1 fully saturated rings. The van der Waals surface area contributed by atoms with Crippen molar-refractivity contribution in [3.05, 3.63) is 17.5 Å². The second-order valence-electron chi connectivity index (χ2n) is 5.92. The number of aromatic nitrogens is 2. The minimum Gasteiger partial charge on any atom is -0.307 e. The van der Waals surface area contributed by atoms with Crippen LogP contribution in [0.15, 0.2) is 6.20 Å². The Morgan fingerprint density at radius 3 is 2.50 bits per heavy atom. The van der Waals surface area contributed by atoms with Crippen LogP contribution in [0.1, 0.15) is 63.3 Å². The molecular formula is C15H27N3. The third-order valence-corrected chi connectivity index (χ3v) is 4.39. The van der Waals surface area contributed by atoms with Crippen molar-refractivity contribution in [2.45, 2.75) is 65.0 Å². The lowest BCUT2D eigenvalue weighted by molar-refractivity contribution is 0.268. The van der Waals surface area contributed by atoms with E-state index < -0.39 is 0 Å². The Bertz CT molecular complexity index is 377. The lowest BCUT2D eigenvalue weighted by Crippen LogP contribution is -2.36. The Morgan fingerprint density at radius 2 is 1.94 bits per heavy atom. The smallest absolute Gasteiger partial charge is 0.0641 e. The molecule has 1 aliphatic carbocycles. The van der Waals surface area contributed by atoms with Crippen molar-refractivity contribution in [2.24, 2.45) is 13.0 Å². The molecule has 2 atom stereocenters. The van der Waals surface area contributed by atoms with E-state index in [0.29, 0.717) is 12.1 Å². The molecule has 3 nitrogen and oxygen atoms in total. The molecule has 0 spiro atoms. The predicted molar refractivity (Wildman–Crippen MR) is 75.5 cm³/mol. The van der Waals surface area contributed by atoms with Gasteiger partial charge in [-0.1, -0.05) is 19.3 Å². The van der Waals surface area contributed by atoms with E-state index in [4.69, 9.17) is 0 Å². The number of rotatable bonds is 4. The van der Waals surface area contributed by atoms with Crippen LogP contribution in [0.3, 0.4) is 0 Å². The zero-order valence-electron chi connectivity index (χ0n) is 12.2. The van der Waals surface area contributed by atoms with Crippen molar-refractivity contribution in [2.75, 3.05) is 0 Å². The molecule has 1 saturated carbocycles. The maximum atomic E-state index is 4.43. The average Bonchev–Trinajstić information content (AvgIpc) is 2.69. The van der Waals surface area contributed by atoms with Gasteiger partial charge in [0.15, 0.2) is 0 Å². The van der Waals surface area contributed by atoms with Crippen molar-refractivity contribution in [3.8, 4) is 0 Å². The Balaban J connectivity index is 1.93. The van der Waals surface area contributed by atoms with Crippen LogP contribution in [-0.4, -0.2) is 15.8 Å². The largest absolute Gasteiger partial charge is 0.307 e. The van der Waals surface area contributed by atoms with Crippen molar-refractivity contribution in [3.63, 3.8) is 0 Å². The minimum atomic E-state index is 0.399. The molecule has 1 aliphatic rings. The van der Waals surface area contributed by atoms with Gasteiger partial charge in [0.25, 0.3) is 0 Å². The molecule has 0 saturated heterocycles. The van der Waals surface area contributed by atoms with Crippen LogP contribution in [0.2, 0.25) is 0 Å². The van der Waals surface area contributed by atoms with E-state index in [2.05, 4.69) is 37.4 Å². The molecule has 102 valence electrons. The van der Waals surface area contributed by atoms with Gasteiger partial charge < -0.3 is 5.32 Å². The highest BCUT2D eigenvalue weighted by molar-refractivity contribution is 5.19. The van der Waals surface area contributed by atoms with Crippen LogP contribution in [-0.2, 0) is 7.05 Å². The quantitative estimate of drug-likeness (QED) is 0.887. The maximum Gasteiger partial charge on any atom is 0.0641 e. The van der Waals surface area contributed by atoms with E-state index >= 15 is 0 Å². The standard InChI is InChI=1S/C15H27N3/c1-11(14-8-6-5-7-9-14)16-12(2)15-10-18(4)17-13(15)3/h10-12,14,16H,5-9H2,1-4H3/t11-,12?/m0/s1. The highest BCUT2D eigenvalue weighted by atomic mass is 15.3. The molecule has 1 aromatic heterocycles. The minimum absolute atomic E-state index is 0.399. The predicted octanol–water partition coefficient (Wildman–Crippen LogP) is 3.35. The molecule has 18 heavy (non-hydrogen) atoms. The van der Waals surface area contributed by atoms with E-state index in [9.17, 15) is 0 Å². The monoisotopic (exact) mass is 249 g/mol. The molecule has 1 heterocycles. The topological polar surface area (TPSA) is 29.9 Å². The van der Waals surface area contributed by atoms with Gasteiger partial charge in [-0.15, -0.1) is 0 Å². The van der Waals surface area contributed by atoms with Gasteiger partial charge in [0.1, 0.15) is 0 Å². The van der Waals surface area contributed by atoms with Gasteiger partial charge in [-0.3, -0.25) is 4.68 Å². The first-order valence-electron chi connectivity index (χ1n) is 7.34. The first-order valence-corrected chi connectivity index (χ1v) is 7.34. The number of nitrogens with zero attached hydrogens (tertiary/aromatic N) is 2. The highest BCUT2D eigenvalue weighted by Gasteiger charge is 2.22. The maximum absolute atomic E-state index is 4.43. The summed E-state index contributed by atoms with van der Waals surface area (Å²) >= 11 is 0. The summed E-state index contributed by atoms with van der Waals surface area (Å²) in [5.74, 6) is 0.859. The van der Waals surface area contributed by atoms with Gasteiger partial charge in [-0.2, -0.15) is 5.10 Å². The Kier molecular flexibility index (Phi) is 4.44. The number of hydrogen-bond acceptors (Lipinski definition) is 2. The molecule has 1 N–H and O–H groups in total. The summed E-state index contributed by atoms with van der Waals surface area (Å²) in [6.45, 7) is 6.69. The third-order valence-electron chi connectivity index (χ3n) is 4.39. The molecular weight excluding hydrogens is 222 g/mol. The summed E-state index contributed by atoms with van der Waals surface area (Å²) in [5.41, 5.74) is 2.48. The van der Waals surface area contributed by atoms with E-state index in [1.54, 1.807) is 0 Å². The Labute approximate surface area is 111 Å². The first kappa shape index (κ1) is 13.6. The molecule has 0 bridgehead atoms. The van der Waals surface area contributed by atoms with Gasteiger partial charge in [0.2, 0.25) is 0 Å². The van der Waals surface area contributed by atoms with E-state index in [-0.39, 0.29) is 0 Å². The second kappa shape index (κ2) is 5.87. The molecule has 1 unspecified atom stereocenters. The van der Waals surface area contributed by atoms with Gasteiger partial charge in [-0.25, -0.2) is 0 Å². The third kappa shape index (κ3) is 3.14. The first-order chi connectivity index (χ1) is 8.58. The van der Waals surface area contributed by atoms with Gasteiger partial charge >= 0.3 is 0 Å². The zero-order chi connectivity index (χ0) is 13.1. The van der Waals surface area contributed by atoms with Gasteiger partial charge in [0.05, 0.1) is 5.69 Å². The lowest BCUT2D eigenvalue weighted by atomic mass is 9.84. The van der Waals surface area contributed by atoms with Crippen molar-refractivity contribution in [1.82, 2.24) is 15.1 Å². The molecule has 2 rings (SSSR count). The Hall–Kier alpha value is -0.830. The van der Waals surface area contributed by atoms with Gasteiger partial charge in [0, 0.05) is 30.9 Å². The Morgan fingerprint density at radius 1 is 1.28 bits per heavy atom. The van der Waals surface area contributed by atoms with Crippen molar-refractivity contribution >= 4 is 0 Å². The van der Waals surface area contributed by atoms with Crippen LogP contribution in [0.4, 0.5) is 0 Å². The summed E-state index contributed by atoms with van der Waals surface area (Å²) < 4.78 is 1.91. The fourth-order valence-electron chi connectivity index (χ4n) is 3.30. The SMILES string of the molecule is Cc1nn(C)cc1C(C)N[C@@H](C)C1CCCCC1. The molecule has 0 amide bonds. The number of nitrogens with one attached hydrogen (secondary N) is 1. The molecule has 0 aliphatic heterocycles. The number of aryl methyl sites for hydroxylation is 2. The molecule has 1 aromatic rings. The van der Waals surface area contributed by atoms with E-state index in [1.165, 1.54) is 37.7 Å². The van der Waals surface area contributed by atoms with Crippen LogP contribution in [0, 0.1) is 12.8 Å². The van der Waals surface area contributed by atoms with E-state index in [1.807, 2.05) is 11.7 Å². The highest BCUT2D eigenvalue weighted by Crippen LogP contribution is 2.28. The van der Waals surface area contributed by atoms with E-state index in [0.717, 1.165) is 11.6 Å². The molecule has 0 aromatic carbocycles. The normalized spacial score (nSPS) is 20.9. The summed E-state index contributed by atoms with van der Waals surface area (Å²) in [5, 5.41) is 8.20. The fraction of sp³-hybridized carbons (Fsp3) is 0.800. The lowest BCUT2D eigenvalue weighted by Gasteiger charge is -2.30. The summed E-state index contributed by atoms with van der Waals surface area (Å²) in [4.78, 5) is 0. The van der Waals surface area contributed by atoms with Gasteiger partial charge in [-0.05, 0) is 39.5 Å².